The molecule has 24 heavy (non-hydrogen) atoms. The van der Waals surface area contributed by atoms with Gasteiger partial charge in [-0.1, -0.05) is 61.7 Å². The van der Waals surface area contributed by atoms with Gasteiger partial charge in [-0.25, -0.2) is 0 Å². The molecule has 0 amide bonds. The van der Waals surface area contributed by atoms with Gasteiger partial charge in [0.05, 0.1) is 17.7 Å². The van der Waals surface area contributed by atoms with E-state index in [0.717, 1.165) is 11.5 Å². The van der Waals surface area contributed by atoms with Crippen LogP contribution < -0.4 is 5.32 Å². The van der Waals surface area contributed by atoms with Crippen LogP contribution in [-0.4, -0.2) is 6.04 Å². The average Bonchev–Trinajstić information content (AvgIpc) is 2.67. The molecule has 2 heteroatoms. The highest BCUT2D eigenvalue weighted by Gasteiger charge is 2.24. The Morgan fingerprint density at radius 3 is 2.38 bits per heavy atom. The van der Waals surface area contributed by atoms with Gasteiger partial charge in [0.2, 0.25) is 0 Å². The van der Waals surface area contributed by atoms with Gasteiger partial charge in [-0.15, -0.1) is 0 Å². The molecule has 1 aliphatic rings. The van der Waals surface area contributed by atoms with Crippen molar-refractivity contribution in [2.75, 3.05) is 0 Å². The molecule has 0 aromatic heterocycles. The monoisotopic (exact) mass is 318 g/mol. The van der Waals surface area contributed by atoms with Crippen molar-refractivity contribution >= 4 is 0 Å². The molecule has 124 valence electrons. The number of nitrogens with one attached hydrogen (secondary N) is 1. The zero-order valence-corrected chi connectivity index (χ0v) is 14.4. The molecule has 3 rings (SSSR count). The van der Waals surface area contributed by atoms with E-state index < -0.39 is 0 Å². The van der Waals surface area contributed by atoms with Gasteiger partial charge in [0, 0.05) is 6.04 Å². The molecule has 1 N–H and O–H groups in total. The molecule has 1 unspecified atom stereocenters. The highest BCUT2D eigenvalue weighted by Crippen LogP contribution is 2.30. The van der Waals surface area contributed by atoms with Crippen molar-refractivity contribution in [2.24, 2.45) is 5.92 Å². The molecule has 2 atom stereocenters. The summed E-state index contributed by atoms with van der Waals surface area (Å²) in [6.45, 7) is 2.32. The number of nitriles is 1. The second-order valence-corrected chi connectivity index (χ2v) is 6.93. The largest absolute Gasteiger partial charge is 0.303 e. The standard InChI is InChI=1S/C22H26N2/c1-17(19-10-4-2-5-11-19)24-22(20-12-6-3-7-13-20)21-14-8-9-18(15-21)16-23/h3,6-9,12-15,17,19,22,24H,2,4-5,10-11H2,1H3/t17-,22?/m1/s1. The Bertz CT molecular complexity index is 681. The predicted molar refractivity (Wildman–Crippen MR) is 98.6 cm³/mol. The smallest absolute Gasteiger partial charge is 0.0991 e. The van der Waals surface area contributed by atoms with E-state index in [0.29, 0.717) is 6.04 Å². The summed E-state index contributed by atoms with van der Waals surface area (Å²) in [5.41, 5.74) is 3.15. The van der Waals surface area contributed by atoms with E-state index in [2.05, 4.69) is 54.7 Å². The molecule has 1 saturated carbocycles. The minimum atomic E-state index is 0.136. The van der Waals surface area contributed by atoms with Crippen LogP contribution in [0.4, 0.5) is 0 Å². The Kier molecular flexibility index (Phi) is 5.67. The summed E-state index contributed by atoms with van der Waals surface area (Å²) in [4.78, 5) is 0. The van der Waals surface area contributed by atoms with Crippen molar-refractivity contribution in [1.29, 1.82) is 5.26 Å². The summed E-state index contributed by atoms with van der Waals surface area (Å²) < 4.78 is 0. The lowest BCUT2D eigenvalue weighted by atomic mass is 9.83. The lowest BCUT2D eigenvalue weighted by molar-refractivity contribution is 0.272. The second-order valence-electron chi connectivity index (χ2n) is 6.93. The van der Waals surface area contributed by atoms with Crippen molar-refractivity contribution in [1.82, 2.24) is 5.32 Å². The molecular weight excluding hydrogens is 292 g/mol. The molecule has 0 saturated heterocycles. The molecule has 2 aromatic carbocycles. The fraction of sp³-hybridized carbons (Fsp3) is 0.409. The molecule has 1 aliphatic carbocycles. The predicted octanol–water partition coefficient (Wildman–Crippen LogP) is 5.21. The summed E-state index contributed by atoms with van der Waals surface area (Å²) in [5, 5.41) is 13.1. The summed E-state index contributed by atoms with van der Waals surface area (Å²) in [7, 11) is 0. The number of hydrogen-bond donors (Lipinski definition) is 1. The van der Waals surface area contributed by atoms with Gasteiger partial charge in [0.15, 0.2) is 0 Å². The first-order valence-electron chi connectivity index (χ1n) is 9.09. The van der Waals surface area contributed by atoms with Gasteiger partial charge in [-0.05, 0) is 48.9 Å². The third-order valence-corrected chi connectivity index (χ3v) is 5.27. The fourth-order valence-corrected chi connectivity index (χ4v) is 3.85. The Labute approximate surface area is 145 Å². The van der Waals surface area contributed by atoms with Gasteiger partial charge in [0.1, 0.15) is 0 Å². The van der Waals surface area contributed by atoms with Gasteiger partial charge in [-0.3, -0.25) is 0 Å². The van der Waals surface area contributed by atoms with Crippen LogP contribution >= 0.6 is 0 Å². The molecule has 2 aromatic rings. The van der Waals surface area contributed by atoms with E-state index in [1.165, 1.54) is 43.2 Å². The van der Waals surface area contributed by atoms with Crippen LogP contribution in [0.15, 0.2) is 54.6 Å². The lowest BCUT2D eigenvalue weighted by Gasteiger charge is -2.32. The molecule has 2 nitrogen and oxygen atoms in total. The van der Waals surface area contributed by atoms with Crippen molar-refractivity contribution < 1.29 is 0 Å². The Morgan fingerprint density at radius 1 is 0.958 bits per heavy atom. The van der Waals surface area contributed by atoms with Crippen molar-refractivity contribution in [3.8, 4) is 6.07 Å². The molecule has 0 spiro atoms. The zero-order valence-electron chi connectivity index (χ0n) is 14.4. The summed E-state index contributed by atoms with van der Waals surface area (Å²) >= 11 is 0. The fourth-order valence-electron chi connectivity index (χ4n) is 3.85. The molecular formula is C22H26N2. The Hall–Kier alpha value is -2.11. The minimum absolute atomic E-state index is 0.136. The molecule has 0 radical (unpaired) electrons. The van der Waals surface area contributed by atoms with E-state index in [-0.39, 0.29) is 6.04 Å². The number of nitrogens with zero attached hydrogens (tertiary/aromatic N) is 1. The maximum atomic E-state index is 9.23. The molecule has 0 aliphatic heterocycles. The van der Waals surface area contributed by atoms with Gasteiger partial charge in [0.25, 0.3) is 0 Å². The Morgan fingerprint density at radius 2 is 1.67 bits per heavy atom. The molecule has 1 fully saturated rings. The van der Waals surface area contributed by atoms with Gasteiger partial charge < -0.3 is 5.32 Å². The van der Waals surface area contributed by atoms with E-state index in [9.17, 15) is 5.26 Å². The number of hydrogen-bond acceptors (Lipinski definition) is 2. The van der Waals surface area contributed by atoms with Crippen LogP contribution in [0.25, 0.3) is 0 Å². The maximum Gasteiger partial charge on any atom is 0.0991 e. The van der Waals surface area contributed by atoms with Crippen LogP contribution in [0, 0.1) is 17.2 Å². The van der Waals surface area contributed by atoms with Crippen LogP contribution in [0.3, 0.4) is 0 Å². The first-order chi connectivity index (χ1) is 11.8. The number of benzene rings is 2. The number of rotatable bonds is 5. The topological polar surface area (TPSA) is 35.8 Å². The van der Waals surface area contributed by atoms with Crippen LogP contribution in [0.1, 0.15) is 61.8 Å². The van der Waals surface area contributed by atoms with E-state index in [4.69, 9.17) is 0 Å². The second kappa shape index (κ2) is 8.13. The SMILES string of the molecule is C[C@@H](NC(c1ccccc1)c1cccc(C#N)c1)C1CCCCC1. The van der Waals surface area contributed by atoms with E-state index >= 15 is 0 Å². The van der Waals surface area contributed by atoms with Gasteiger partial charge in [-0.2, -0.15) is 5.26 Å². The first-order valence-corrected chi connectivity index (χ1v) is 9.09. The Balaban J connectivity index is 1.86. The normalized spacial score (nSPS) is 17.8. The summed E-state index contributed by atoms with van der Waals surface area (Å²) in [6.07, 6.45) is 6.75. The highest BCUT2D eigenvalue weighted by atomic mass is 15.0. The maximum absolute atomic E-state index is 9.23. The zero-order chi connectivity index (χ0) is 16.8. The van der Waals surface area contributed by atoms with Crippen LogP contribution in [0.2, 0.25) is 0 Å². The van der Waals surface area contributed by atoms with Gasteiger partial charge >= 0.3 is 0 Å². The van der Waals surface area contributed by atoms with Crippen molar-refractivity contribution in [2.45, 2.75) is 51.1 Å². The van der Waals surface area contributed by atoms with Crippen LogP contribution in [0.5, 0.6) is 0 Å². The first kappa shape index (κ1) is 16.7. The summed E-state index contributed by atoms with van der Waals surface area (Å²) in [6, 6.07) is 21.4. The lowest BCUT2D eigenvalue weighted by Crippen LogP contribution is -2.37. The van der Waals surface area contributed by atoms with Crippen molar-refractivity contribution in [3.63, 3.8) is 0 Å². The van der Waals surface area contributed by atoms with E-state index in [1.807, 2.05) is 18.2 Å². The highest BCUT2D eigenvalue weighted by molar-refractivity contribution is 5.38. The molecule has 0 heterocycles. The molecule has 0 bridgehead atoms. The van der Waals surface area contributed by atoms with Crippen LogP contribution in [-0.2, 0) is 0 Å². The van der Waals surface area contributed by atoms with E-state index in [1.54, 1.807) is 0 Å². The summed E-state index contributed by atoms with van der Waals surface area (Å²) in [5.74, 6) is 0.754. The quantitative estimate of drug-likeness (QED) is 0.822. The minimum Gasteiger partial charge on any atom is -0.303 e. The van der Waals surface area contributed by atoms with Crippen molar-refractivity contribution in [3.05, 3.63) is 71.3 Å². The third kappa shape index (κ3) is 4.04. The average molecular weight is 318 g/mol. The third-order valence-electron chi connectivity index (χ3n) is 5.27.